The number of aryl methyl sites for hydroxylation is 1. The SMILES string of the molecule is Cc1ccc(S(=O)(=O)NC(N)=NCCC[C@H](NC(=O)OC(C)(C)C)C(=O)N[C@H](C)C(=O)N[C@@H](CCCCNC(=O)OCc2ccccc2)C(=O)N[C@H](C)C(=O)OCc2ccccc2)cc1. The predicted octanol–water partition coefficient (Wildman–Crippen LogP) is 3.60. The van der Waals surface area contributed by atoms with Crippen LogP contribution in [0.15, 0.2) is 94.8 Å². The highest BCUT2D eigenvalue weighted by molar-refractivity contribution is 7.90. The van der Waals surface area contributed by atoms with Crippen molar-refractivity contribution in [2.45, 2.75) is 122 Å². The summed E-state index contributed by atoms with van der Waals surface area (Å²) >= 11 is 0. The van der Waals surface area contributed by atoms with Gasteiger partial charge in [0.1, 0.15) is 43.0 Å². The first kappa shape index (κ1) is 52.6. The normalized spacial score (nSPS) is 13.4. The molecule has 0 aliphatic carbocycles. The Morgan fingerprint density at radius 3 is 1.78 bits per heavy atom. The molecule has 0 aliphatic rings. The third kappa shape index (κ3) is 20.6. The molecule has 0 saturated carbocycles. The van der Waals surface area contributed by atoms with Crippen molar-refractivity contribution in [1.82, 2.24) is 31.3 Å². The van der Waals surface area contributed by atoms with E-state index in [1.54, 1.807) is 57.2 Å². The number of carbonyl (C=O) groups excluding carboxylic acids is 6. The van der Waals surface area contributed by atoms with E-state index in [4.69, 9.17) is 19.9 Å². The molecule has 5 amide bonds. The number of guanidine groups is 1. The van der Waals surface area contributed by atoms with Gasteiger partial charge >= 0.3 is 18.2 Å². The molecule has 0 fully saturated rings. The number of hydrogen-bond donors (Lipinski definition) is 7. The van der Waals surface area contributed by atoms with Crippen LogP contribution < -0.4 is 37.0 Å². The Hall–Kier alpha value is -6.70. The molecule has 0 aliphatic heterocycles. The van der Waals surface area contributed by atoms with Crippen LogP contribution in [0.25, 0.3) is 0 Å². The molecule has 0 unspecified atom stereocenters. The molecule has 0 heterocycles. The smallest absolute Gasteiger partial charge is 0.408 e. The number of benzene rings is 3. The fraction of sp³-hybridized carbons (Fsp3) is 0.444. The van der Waals surface area contributed by atoms with E-state index in [2.05, 4.69) is 36.3 Å². The number of nitrogens with zero attached hydrogens (tertiary/aromatic N) is 1. The third-order valence-electron chi connectivity index (χ3n) is 9.23. The number of alkyl carbamates (subject to hydrolysis) is 2. The van der Waals surface area contributed by atoms with E-state index < -0.39 is 75.7 Å². The van der Waals surface area contributed by atoms with E-state index >= 15 is 0 Å². The highest BCUT2D eigenvalue weighted by Crippen LogP contribution is 2.11. The average Bonchev–Trinajstić information content (AvgIpc) is 3.25. The third-order valence-corrected chi connectivity index (χ3v) is 10.6. The largest absolute Gasteiger partial charge is 0.459 e. The lowest BCUT2D eigenvalue weighted by Gasteiger charge is -2.25. The molecule has 8 N–H and O–H groups in total. The van der Waals surface area contributed by atoms with E-state index in [0.717, 1.165) is 16.7 Å². The Balaban J connectivity index is 1.64. The summed E-state index contributed by atoms with van der Waals surface area (Å²) in [6.07, 6.45) is -0.607. The van der Waals surface area contributed by atoms with Crippen molar-refractivity contribution in [3.05, 3.63) is 102 Å². The van der Waals surface area contributed by atoms with Gasteiger partial charge in [0, 0.05) is 13.1 Å². The highest BCUT2D eigenvalue weighted by atomic mass is 32.2. The van der Waals surface area contributed by atoms with Crippen molar-refractivity contribution < 1.29 is 51.4 Å². The molecule has 3 aromatic rings. The van der Waals surface area contributed by atoms with Gasteiger partial charge in [-0.25, -0.2) is 27.5 Å². The van der Waals surface area contributed by atoms with Crippen LogP contribution in [0.3, 0.4) is 0 Å². The molecule has 4 atom stereocenters. The number of sulfonamides is 1. The summed E-state index contributed by atoms with van der Waals surface area (Å²) in [6, 6.07) is 19.5. The Morgan fingerprint density at radius 1 is 0.662 bits per heavy atom. The van der Waals surface area contributed by atoms with Crippen molar-refractivity contribution >= 4 is 51.9 Å². The second-order valence-electron chi connectivity index (χ2n) is 16.1. The van der Waals surface area contributed by atoms with E-state index in [1.165, 1.54) is 26.0 Å². The maximum atomic E-state index is 13.6. The van der Waals surface area contributed by atoms with Crippen LogP contribution in [0.2, 0.25) is 0 Å². The van der Waals surface area contributed by atoms with Gasteiger partial charge in [-0.15, -0.1) is 0 Å². The molecular formula is C45H62N8O11S. The Morgan fingerprint density at radius 2 is 1.20 bits per heavy atom. The van der Waals surface area contributed by atoms with Gasteiger partial charge in [0.05, 0.1) is 4.90 Å². The summed E-state index contributed by atoms with van der Waals surface area (Å²) in [5.41, 5.74) is 7.39. The van der Waals surface area contributed by atoms with E-state index in [9.17, 15) is 37.2 Å². The van der Waals surface area contributed by atoms with Crippen LogP contribution in [-0.4, -0.2) is 93.1 Å². The van der Waals surface area contributed by atoms with Crippen molar-refractivity contribution in [1.29, 1.82) is 0 Å². The predicted molar refractivity (Wildman–Crippen MR) is 242 cm³/mol. The topological polar surface area (TPSA) is 275 Å². The van der Waals surface area contributed by atoms with Crippen LogP contribution in [0.1, 0.15) is 83.4 Å². The molecule has 0 saturated heterocycles. The molecule has 19 nitrogen and oxygen atoms in total. The van der Waals surface area contributed by atoms with Crippen molar-refractivity contribution in [3.63, 3.8) is 0 Å². The summed E-state index contributed by atoms with van der Waals surface area (Å²) < 4.78 is 43.5. The number of unbranched alkanes of at least 4 members (excludes halogenated alkanes) is 1. The lowest BCUT2D eigenvalue weighted by Crippen LogP contribution is -2.57. The van der Waals surface area contributed by atoms with E-state index in [1.807, 2.05) is 43.3 Å². The zero-order valence-electron chi connectivity index (χ0n) is 37.7. The number of carbonyl (C=O) groups is 6. The van der Waals surface area contributed by atoms with Crippen LogP contribution >= 0.6 is 0 Å². The van der Waals surface area contributed by atoms with Gasteiger partial charge in [-0.3, -0.25) is 19.4 Å². The van der Waals surface area contributed by atoms with Gasteiger partial charge in [0.2, 0.25) is 23.7 Å². The second-order valence-corrected chi connectivity index (χ2v) is 17.8. The van der Waals surface area contributed by atoms with Crippen molar-refractivity contribution in [2.75, 3.05) is 13.1 Å². The number of aliphatic imine (C=N–C) groups is 1. The van der Waals surface area contributed by atoms with Crippen LogP contribution in [0.5, 0.6) is 0 Å². The summed E-state index contributed by atoms with van der Waals surface area (Å²) in [5, 5.41) is 12.9. The molecular weight excluding hydrogens is 861 g/mol. The summed E-state index contributed by atoms with van der Waals surface area (Å²) in [7, 11) is -4.00. The van der Waals surface area contributed by atoms with Gasteiger partial charge < -0.3 is 46.5 Å². The average molecular weight is 923 g/mol. The number of esters is 1. The lowest BCUT2D eigenvalue weighted by molar-refractivity contribution is -0.148. The maximum Gasteiger partial charge on any atom is 0.408 e. The van der Waals surface area contributed by atoms with Crippen LogP contribution in [0, 0.1) is 6.92 Å². The van der Waals surface area contributed by atoms with E-state index in [-0.39, 0.29) is 56.4 Å². The van der Waals surface area contributed by atoms with E-state index in [0.29, 0.717) is 12.8 Å². The summed E-state index contributed by atoms with van der Waals surface area (Å²) in [4.78, 5) is 82.6. The minimum absolute atomic E-state index is 0.00955. The first-order chi connectivity index (χ1) is 30.7. The molecule has 3 aromatic carbocycles. The first-order valence-corrected chi connectivity index (χ1v) is 22.7. The van der Waals surface area contributed by atoms with Crippen LogP contribution in [-0.2, 0) is 56.6 Å². The first-order valence-electron chi connectivity index (χ1n) is 21.2. The second kappa shape index (κ2) is 26.2. The van der Waals surface area contributed by atoms with Gasteiger partial charge in [0.15, 0.2) is 0 Å². The number of amides is 5. The molecule has 20 heteroatoms. The number of ether oxygens (including phenoxy) is 3. The molecule has 354 valence electrons. The number of nitrogens with one attached hydrogen (secondary N) is 6. The van der Waals surface area contributed by atoms with Crippen molar-refractivity contribution in [3.8, 4) is 0 Å². The molecule has 0 radical (unpaired) electrons. The number of rotatable bonds is 23. The zero-order chi connectivity index (χ0) is 48.0. The molecule has 0 spiro atoms. The monoisotopic (exact) mass is 922 g/mol. The summed E-state index contributed by atoms with van der Waals surface area (Å²) in [6.45, 7) is 9.80. The zero-order valence-corrected chi connectivity index (χ0v) is 38.5. The van der Waals surface area contributed by atoms with Gasteiger partial charge in [-0.1, -0.05) is 78.4 Å². The number of hydrogen-bond acceptors (Lipinski definition) is 12. The van der Waals surface area contributed by atoms with Gasteiger partial charge in [0.25, 0.3) is 10.0 Å². The Kier molecular flexibility index (Phi) is 21.2. The Labute approximate surface area is 380 Å². The van der Waals surface area contributed by atoms with Crippen LogP contribution in [0.4, 0.5) is 9.59 Å². The highest BCUT2D eigenvalue weighted by Gasteiger charge is 2.30. The van der Waals surface area contributed by atoms with Crippen molar-refractivity contribution in [2.24, 2.45) is 10.7 Å². The standard InChI is InChI=1S/C45H62N8O11S/c1-30-22-24-35(25-23-30)65(60,61)53-42(46)47-27-15-21-37(52-44(59)64-45(4,5)6)40(56)49-31(2)38(54)51-36(20-13-14-26-48-43(58)63-29-34-18-11-8-12-19-34)39(55)50-32(3)41(57)62-28-33-16-9-7-10-17-33/h7-12,16-19,22-25,31-32,36-37H,13-15,20-21,26-29H2,1-6H3,(H,48,58)(H,49,56)(H,50,55)(H,51,54)(H,52,59)(H3,46,47,53)/t31-,32-,36+,37+/m1/s1. The maximum absolute atomic E-state index is 13.6. The molecule has 3 rings (SSSR count). The minimum Gasteiger partial charge on any atom is -0.459 e. The lowest BCUT2D eigenvalue weighted by atomic mass is 10.1. The minimum atomic E-state index is -4.00. The molecule has 65 heavy (non-hydrogen) atoms. The summed E-state index contributed by atoms with van der Waals surface area (Å²) in [5.74, 6) is -3.30. The molecule has 0 aromatic heterocycles. The molecule has 0 bridgehead atoms. The van der Waals surface area contributed by atoms with Gasteiger partial charge in [-0.2, -0.15) is 0 Å². The van der Waals surface area contributed by atoms with Gasteiger partial charge in [-0.05, 0) is 96.9 Å². The Bertz CT molecular complexity index is 2170. The fourth-order valence-corrected chi connectivity index (χ4v) is 6.72. The number of nitrogens with two attached hydrogens (primary N) is 1. The quantitative estimate of drug-likeness (QED) is 0.0236. The fourth-order valence-electron chi connectivity index (χ4n) is 5.77.